The van der Waals surface area contributed by atoms with Crippen LogP contribution in [0.4, 0.5) is 0 Å². The molecular formula is C12H23N3S. The predicted molar refractivity (Wildman–Crippen MR) is 69.8 cm³/mol. The minimum atomic E-state index is 0.388. The molecule has 1 N–H and O–H groups in total. The molecule has 92 valence electrons. The van der Waals surface area contributed by atoms with Gasteiger partial charge in [0.25, 0.3) is 0 Å². The van der Waals surface area contributed by atoms with Gasteiger partial charge in [0.05, 0.1) is 10.6 Å². The van der Waals surface area contributed by atoms with Crippen LogP contribution < -0.4 is 5.32 Å². The number of hydrogen-bond acceptors (Lipinski definition) is 4. The molecule has 0 saturated heterocycles. The molecule has 1 unspecified atom stereocenters. The minimum Gasteiger partial charge on any atom is -0.312 e. The highest BCUT2D eigenvalue weighted by Gasteiger charge is 2.19. The van der Waals surface area contributed by atoms with Gasteiger partial charge in [-0.1, -0.05) is 32.2 Å². The summed E-state index contributed by atoms with van der Waals surface area (Å²) >= 11 is 1.53. The van der Waals surface area contributed by atoms with Crippen molar-refractivity contribution in [1.29, 1.82) is 0 Å². The van der Waals surface area contributed by atoms with Gasteiger partial charge in [-0.05, 0) is 43.3 Å². The molecule has 0 fully saturated rings. The van der Waals surface area contributed by atoms with Crippen LogP contribution in [-0.4, -0.2) is 16.6 Å². The largest absolute Gasteiger partial charge is 0.312 e. The van der Waals surface area contributed by atoms with Gasteiger partial charge in [-0.3, -0.25) is 0 Å². The average molecular weight is 241 g/mol. The number of aromatic nitrogens is 2. The zero-order valence-corrected chi connectivity index (χ0v) is 11.8. The zero-order valence-electron chi connectivity index (χ0n) is 11.0. The lowest BCUT2D eigenvalue weighted by atomic mass is 9.88. The van der Waals surface area contributed by atoms with Crippen LogP contribution in [-0.2, 0) is 6.42 Å². The molecule has 0 saturated carbocycles. The number of nitrogens with one attached hydrogen (secondary N) is 1. The summed E-state index contributed by atoms with van der Waals surface area (Å²) in [5, 5.41) is 7.56. The van der Waals surface area contributed by atoms with Crippen LogP contribution in [0, 0.1) is 5.41 Å². The molecule has 0 bridgehead atoms. The highest BCUT2D eigenvalue weighted by Crippen LogP contribution is 2.29. The van der Waals surface area contributed by atoms with E-state index in [1.807, 2.05) is 7.05 Å². The SMILES string of the molecule is CCc1nnsc1C(CCC(C)(C)C)NC. The quantitative estimate of drug-likeness (QED) is 0.860. The Hall–Kier alpha value is -0.480. The first-order valence-corrected chi connectivity index (χ1v) is 6.73. The Bertz CT molecular complexity index is 314. The van der Waals surface area contributed by atoms with Crippen molar-refractivity contribution in [2.75, 3.05) is 7.05 Å². The van der Waals surface area contributed by atoms with Crippen molar-refractivity contribution in [3.8, 4) is 0 Å². The fourth-order valence-corrected chi connectivity index (χ4v) is 2.59. The third kappa shape index (κ3) is 3.83. The van der Waals surface area contributed by atoms with Gasteiger partial charge in [-0.2, -0.15) is 0 Å². The van der Waals surface area contributed by atoms with Gasteiger partial charge in [0.15, 0.2) is 0 Å². The predicted octanol–water partition coefficient (Wildman–Crippen LogP) is 3.19. The smallest absolute Gasteiger partial charge is 0.0800 e. The average Bonchev–Trinajstić information content (AvgIpc) is 2.65. The highest BCUT2D eigenvalue weighted by atomic mass is 32.1. The Kier molecular flexibility index (Phi) is 4.87. The lowest BCUT2D eigenvalue weighted by Crippen LogP contribution is -2.19. The Balaban J connectivity index is 2.67. The van der Waals surface area contributed by atoms with E-state index in [0.29, 0.717) is 11.5 Å². The molecule has 1 aromatic rings. The Morgan fingerprint density at radius 1 is 1.38 bits per heavy atom. The molecule has 0 radical (unpaired) electrons. The standard InChI is InChI=1S/C12H23N3S/c1-6-9-11(16-15-14-9)10(13-5)7-8-12(2,3)4/h10,13H,6-8H2,1-5H3. The van der Waals surface area contributed by atoms with Crippen molar-refractivity contribution in [2.24, 2.45) is 5.41 Å². The lowest BCUT2D eigenvalue weighted by molar-refractivity contribution is 0.339. The second-order valence-corrected chi connectivity index (χ2v) is 6.16. The first-order valence-electron chi connectivity index (χ1n) is 5.96. The Morgan fingerprint density at radius 2 is 2.06 bits per heavy atom. The fourth-order valence-electron chi connectivity index (χ4n) is 1.71. The highest BCUT2D eigenvalue weighted by molar-refractivity contribution is 7.05. The second-order valence-electron chi connectivity index (χ2n) is 5.38. The zero-order chi connectivity index (χ0) is 12.2. The van der Waals surface area contributed by atoms with Crippen molar-refractivity contribution < 1.29 is 0 Å². The molecule has 16 heavy (non-hydrogen) atoms. The van der Waals surface area contributed by atoms with Gasteiger partial charge in [0.2, 0.25) is 0 Å². The molecule has 0 aliphatic heterocycles. The molecule has 1 heterocycles. The summed E-state index contributed by atoms with van der Waals surface area (Å²) < 4.78 is 4.06. The second kappa shape index (κ2) is 5.73. The van der Waals surface area contributed by atoms with Gasteiger partial charge in [0, 0.05) is 6.04 Å². The van der Waals surface area contributed by atoms with Crippen LogP contribution in [0.15, 0.2) is 0 Å². The molecule has 1 atom stereocenters. The number of hydrogen-bond donors (Lipinski definition) is 1. The van der Waals surface area contributed by atoms with Crippen LogP contribution in [0.2, 0.25) is 0 Å². The first kappa shape index (κ1) is 13.6. The molecule has 1 rings (SSSR count). The van der Waals surface area contributed by atoms with E-state index in [0.717, 1.165) is 18.5 Å². The summed E-state index contributed by atoms with van der Waals surface area (Å²) in [5.74, 6) is 0. The molecule has 4 heteroatoms. The molecule has 0 spiro atoms. The van der Waals surface area contributed by atoms with Gasteiger partial charge in [-0.15, -0.1) is 5.10 Å². The Morgan fingerprint density at radius 3 is 2.56 bits per heavy atom. The van der Waals surface area contributed by atoms with Crippen LogP contribution in [0.5, 0.6) is 0 Å². The monoisotopic (exact) mass is 241 g/mol. The Labute approximate surface area is 103 Å². The number of aryl methyl sites for hydroxylation is 1. The first-order chi connectivity index (χ1) is 7.48. The van der Waals surface area contributed by atoms with Crippen molar-refractivity contribution in [3.63, 3.8) is 0 Å². The molecular weight excluding hydrogens is 218 g/mol. The molecule has 0 amide bonds. The van der Waals surface area contributed by atoms with Crippen LogP contribution >= 0.6 is 11.5 Å². The van der Waals surface area contributed by atoms with Crippen molar-refractivity contribution in [1.82, 2.24) is 14.9 Å². The summed E-state index contributed by atoms with van der Waals surface area (Å²) in [6, 6.07) is 0.411. The van der Waals surface area contributed by atoms with Crippen molar-refractivity contribution in [2.45, 2.75) is 53.0 Å². The van der Waals surface area contributed by atoms with E-state index in [4.69, 9.17) is 0 Å². The third-order valence-corrected chi connectivity index (χ3v) is 3.65. The minimum absolute atomic E-state index is 0.388. The lowest BCUT2D eigenvalue weighted by Gasteiger charge is -2.22. The number of nitrogens with zero attached hydrogens (tertiary/aromatic N) is 2. The van der Waals surface area contributed by atoms with E-state index in [9.17, 15) is 0 Å². The molecule has 0 aromatic carbocycles. The van der Waals surface area contributed by atoms with Crippen molar-refractivity contribution >= 4 is 11.5 Å². The van der Waals surface area contributed by atoms with Crippen LogP contribution in [0.25, 0.3) is 0 Å². The van der Waals surface area contributed by atoms with Gasteiger partial charge in [-0.25, -0.2) is 0 Å². The van der Waals surface area contributed by atoms with Crippen LogP contribution in [0.1, 0.15) is 57.1 Å². The normalized spacial score (nSPS) is 14.1. The number of rotatable bonds is 5. The maximum absolute atomic E-state index is 4.18. The van der Waals surface area contributed by atoms with E-state index in [2.05, 4.69) is 42.6 Å². The summed E-state index contributed by atoms with van der Waals surface area (Å²) in [7, 11) is 2.02. The maximum atomic E-state index is 4.18. The van der Waals surface area contributed by atoms with Crippen LogP contribution in [0.3, 0.4) is 0 Å². The molecule has 0 aliphatic rings. The van der Waals surface area contributed by atoms with E-state index in [1.54, 1.807) is 0 Å². The van der Waals surface area contributed by atoms with E-state index < -0.39 is 0 Å². The fraction of sp³-hybridized carbons (Fsp3) is 0.833. The van der Waals surface area contributed by atoms with Gasteiger partial charge >= 0.3 is 0 Å². The molecule has 3 nitrogen and oxygen atoms in total. The topological polar surface area (TPSA) is 37.8 Å². The molecule has 1 aromatic heterocycles. The van der Waals surface area contributed by atoms with Crippen molar-refractivity contribution in [3.05, 3.63) is 10.6 Å². The summed E-state index contributed by atoms with van der Waals surface area (Å²) in [6.45, 7) is 8.98. The summed E-state index contributed by atoms with van der Waals surface area (Å²) in [5.41, 5.74) is 1.54. The maximum Gasteiger partial charge on any atom is 0.0800 e. The van der Waals surface area contributed by atoms with E-state index in [-0.39, 0.29) is 0 Å². The van der Waals surface area contributed by atoms with Gasteiger partial charge in [0.1, 0.15) is 0 Å². The van der Waals surface area contributed by atoms with E-state index >= 15 is 0 Å². The van der Waals surface area contributed by atoms with E-state index in [1.165, 1.54) is 22.8 Å². The third-order valence-electron chi connectivity index (χ3n) is 2.77. The molecule has 0 aliphatic carbocycles. The summed E-state index contributed by atoms with van der Waals surface area (Å²) in [6.07, 6.45) is 3.33. The summed E-state index contributed by atoms with van der Waals surface area (Å²) in [4.78, 5) is 1.31. The van der Waals surface area contributed by atoms with Gasteiger partial charge < -0.3 is 5.32 Å².